The minimum Gasteiger partial charge on any atom is -0.267 e. The van der Waals surface area contributed by atoms with Crippen molar-refractivity contribution in [3.8, 4) is 0 Å². The van der Waals surface area contributed by atoms with E-state index in [1.807, 2.05) is 0 Å². The van der Waals surface area contributed by atoms with E-state index < -0.39 is 0 Å². The van der Waals surface area contributed by atoms with Gasteiger partial charge in [-0.25, -0.2) is 4.98 Å². The molecule has 0 radical (unpaired) electrons. The molecule has 58 valence electrons. The zero-order valence-electron chi connectivity index (χ0n) is 6.14. The second-order valence-electron chi connectivity index (χ2n) is 2.25. The Hall–Kier alpha value is -1.84. The Balaban J connectivity index is 3.06. The third-order valence-electron chi connectivity index (χ3n) is 1.50. The highest BCUT2D eigenvalue weighted by atomic mass is 16.1. The first kappa shape index (κ1) is 6.84. The molecular weight excluding hydrogens is 154 g/mol. The Kier molecular flexibility index (Phi) is 1.51. The van der Waals surface area contributed by atoms with E-state index in [0.29, 0.717) is 10.9 Å². The second-order valence-corrected chi connectivity index (χ2v) is 2.25. The minimum atomic E-state index is -0.296. The van der Waals surface area contributed by atoms with Crippen LogP contribution in [0.25, 0.3) is 10.9 Å². The average Bonchev–Trinajstić information content (AvgIpc) is 2.29. The molecule has 0 bridgehead atoms. The average molecular weight is 159 g/mol. The standard InChI is InChI=1S/C8H5N3O/c12-8-6-5-9-2-1-7(6)10-3-4-11-8/h1-5H. The van der Waals surface area contributed by atoms with Crippen LogP contribution in [0.3, 0.4) is 0 Å². The summed E-state index contributed by atoms with van der Waals surface area (Å²) in [5, 5.41) is 0.447. The largest absolute Gasteiger partial charge is 0.280 e. The van der Waals surface area contributed by atoms with Crippen molar-refractivity contribution in [1.82, 2.24) is 15.0 Å². The Morgan fingerprint density at radius 3 is 2.83 bits per heavy atom. The maximum Gasteiger partial charge on any atom is 0.280 e. The molecule has 0 aliphatic carbocycles. The van der Waals surface area contributed by atoms with Crippen molar-refractivity contribution in [1.29, 1.82) is 0 Å². The molecule has 0 spiro atoms. The van der Waals surface area contributed by atoms with E-state index >= 15 is 0 Å². The molecule has 0 aromatic carbocycles. The SMILES string of the molecule is O=c1nccnc2ccncc12. The molecule has 2 aromatic rings. The number of pyridine rings is 1. The highest BCUT2D eigenvalue weighted by molar-refractivity contribution is 5.75. The normalized spacial score (nSPS) is 10.0. The molecule has 12 heavy (non-hydrogen) atoms. The van der Waals surface area contributed by atoms with Gasteiger partial charge in [0.2, 0.25) is 0 Å². The van der Waals surface area contributed by atoms with E-state index in [1.165, 1.54) is 18.6 Å². The van der Waals surface area contributed by atoms with Crippen molar-refractivity contribution in [3.05, 3.63) is 41.2 Å². The Morgan fingerprint density at radius 1 is 1.08 bits per heavy atom. The molecule has 0 aliphatic rings. The summed E-state index contributed by atoms with van der Waals surface area (Å²) in [5.41, 5.74) is 0.322. The highest BCUT2D eigenvalue weighted by Gasteiger charge is 1.94. The van der Waals surface area contributed by atoms with Crippen molar-refractivity contribution >= 4 is 10.9 Å². The topological polar surface area (TPSA) is 55.7 Å². The second kappa shape index (κ2) is 2.65. The number of aromatic nitrogens is 3. The van der Waals surface area contributed by atoms with E-state index in [-0.39, 0.29) is 5.56 Å². The van der Waals surface area contributed by atoms with Gasteiger partial charge in [-0.3, -0.25) is 14.8 Å². The summed E-state index contributed by atoms with van der Waals surface area (Å²) < 4.78 is 0. The van der Waals surface area contributed by atoms with Crippen LogP contribution in [0, 0.1) is 0 Å². The van der Waals surface area contributed by atoms with Crippen molar-refractivity contribution in [3.63, 3.8) is 0 Å². The molecule has 0 fully saturated rings. The number of nitrogens with zero attached hydrogens (tertiary/aromatic N) is 3. The van der Waals surface area contributed by atoms with Crippen LogP contribution in [0.5, 0.6) is 0 Å². The lowest BCUT2D eigenvalue weighted by Gasteiger charge is -1.84. The van der Waals surface area contributed by atoms with Gasteiger partial charge in [0.05, 0.1) is 10.9 Å². The molecule has 2 rings (SSSR count). The zero-order chi connectivity index (χ0) is 8.39. The van der Waals surface area contributed by atoms with Crippen LogP contribution in [0.1, 0.15) is 0 Å². The summed E-state index contributed by atoms with van der Waals surface area (Å²) >= 11 is 0. The molecule has 0 amide bonds. The number of fused-ring (bicyclic) bond motifs is 1. The Bertz CT molecular complexity index is 469. The summed E-state index contributed by atoms with van der Waals surface area (Å²) in [6.45, 7) is 0. The van der Waals surface area contributed by atoms with Crippen LogP contribution < -0.4 is 5.56 Å². The number of hydrogen-bond acceptors (Lipinski definition) is 4. The van der Waals surface area contributed by atoms with Gasteiger partial charge in [-0.1, -0.05) is 0 Å². The van der Waals surface area contributed by atoms with Gasteiger partial charge in [-0.2, -0.15) is 0 Å². The van der Waals surface area contributed by atoms with Crippen molar-refractivity contribution in [2.24, 2.45) is 0 Å². The predicted octanol–water partition coefficient (Wildman–Crippen LogP) is 0.385. The lowest BCUT2D eigenvalue weighted by molar-refractivity contribution is 1.27. The van der Waals surface area contributed by atoms with E-state index in [0.717, 1.165) is 0 Å². The van der Waals surface area contributed by atoms with Crippen molar-refractivity contribution < 1.29 is 0 Å². The molecule has 0 aliphatic heterocycles. The van der Waals surface area contributed by atoms with Crippen LogP contribution in [0.4, 0.5) is 0 Å². The van der Waals surface area contributed by atoms with Gasteiger partial charge in [0, 0.05) is 24.8 Å². The van der Waals surface area contributed by atoms with Crippen LogP contribution >= 0.6 is 0 Å². The first-order chi connectivity index (χ1) is 5.88. The molecule has 2 aromatic heterocycles. The zero-order valence-corrected chi connectivity index (χ0v) is 6.14. The minimum absolute atomic E-state index is 0.296. The molecule has 0 saturated heterocycles. The van der Waals surface area contributed by atoms with E-state index in [2.05, 4.69) is 15.0 Å². The van der Waals surface area contributed by atoms with Gasteiger partial charge in [0.1, 0.15) is 0 Å². The number of hydrogen-bond donors (Lipinski definition) is 0. The highest BCUT2D eigenvalue weighted by Crippen LogP contribution is 1.99. The smallest absolute Gasteiger partial charge is 0.267 e. The first-order valence-electron chi connectivity index (χ1n) is 3.43. The maximum atomic E-state index is 11.2. The Labute approximate surface area is 67.9 Å². The van der Waals surface area contributed by atoms with Crippen molar-refractivity contribution in [2.75, 3.05) is 0 Å². The predicted molar refractivity (Wildman–Crippen MR) is 43.6 cm³/mol. The molecule has 4 heteroatoms. The van der Waals surface area contributed by atoms with E-state index in [1.54, 1.807) is 12.3 Å². The lowest BCUT2D eigenvalue weighted by atomic mass is 10.3. The summed E-state index contributed by atoms with van der Waals surface area (Å²) in [6, 6.07) is 1.68. The summed E-state index contributed by atoms with van der Waals surface area (Å²) in [6.07, 6.45) is 5.93. The van der Waals surface area contributed by atoms with E-state index in [4.69, 9.17) is 0 Å². The molecule has 0 unspecified atom stereocenters. The summed E-state index contributed by atoms with van der Waals surface area (Å²) in [7, 11) is 0. The third-order valence-corrected chi connectivity index (χ3v) is 1.50. The molecule has 0 saturated carbocycles. The number of rotatable bonds is 0. The van der Waals surface area contributed by atoms with Gasteiger partial charge >= 0.3 is 0 Å². The van der Waals surface area contributed by atoms with E-state index in [9.17, 15) is 4.79 Å². The molecular formula is C8H5N3O. The molecule has 0 atom stereocenters. The fourth-order valence-corrected chi connectivity index (χ4v) is 0.949. The first-order valence-corrected chi connectivity index (χ1v) is 3.43. The van der Waals surface area contributed by atoms with Crippen LogP contribution in [-0.2, 0) is 0 Å². The van der Waals surface area contributed by atoms with Crippen LogP contribution in [-0.4, -0.2) is 15.0 Å². The van der Waals surface area contributed by atoms with Crippen LogP contribution in [0.2, 0.25) is 0 Å². The molecule has 0 N–H and O–H groups in total. The van der Waals surface area contributed by atoms with Crippen molar-refractivity contribution in [2.45, 2.75) is 0 Å². The Morgan fingerprint density at radius 2 is 1.92 bits per heavy atom. The molecule has 4 nitrogen and oxygen atoms in total. The summed E-state index contributed by atoms with van der Waals surface area (Å²) in [5.74, 6) is 0. The fourth-order valence-electron chi connectivity index (χ4n) is 0.949. The quantitative estimate of drug-likeness (QED) is 0.557. The van der Waals surface area contributed by atoms with Gasteiger partial charge < -0.3 is 0 Å². The van der Waals surface area contributed by atoms with Gasteiger partial charge in [0.15, 0.2) is 0 Å². The molecule has 2 heterocycles. The summed E-state index contributed by atoms with van der Waals surface area (Å²) in [4.78, 5) is 22.6. The van der Waals surface area contributed by atoms with Gasteiger partial charge in [0.25, 0.3) is 5.56 Å². The monoisotopic (exact) mass is 159 g/mol. The third kappa shape index (κ3) is 1.03. The van der Waals surface area contributed by atoms with Gasteiger partial charge in [-0.15, -0.1) is 0 Å². The lowest BCUT2D eigenvalue weighted by Crippen LogP contribution is -2.00. The van der Waals surface area contributed by atoms with Gasteiger partial charge in [-0.05, 0) is 6.07 Å². The fraction of sp³-hybridized carbons (Fsp3) is 0. The maximum absolute atomic E-state index is 11.2. The van der Waals surface area contributed by atoms with Crippen LogP contribution in [0.15, 0.2) is 35.6 Å².